The summed E-state index contributed by atoms with van der Waals surface area (Å²) in [6.07, 6.45) is 6.69. The Morgan fingerprint density at radius 3 is 2.62 bits per heavy atom. The van der Waals surface area contributed by atoms with Crippen LogP contribution < -0.4 is 5.32 Å². The Hall–Kier alpha value is -1.32. The second-order valence-electron chi connectivity index (χ2n) is 6.53. The predicted molar refractivity (Wildman–Crippen MR) is 87.4 cm³/mol. The summed E-state index contributed by atoms with van der Waals surface area (Å²) in [4.78, 5) is 2.41. The third-order valence-corrected chi connectivity index (χ3v) is 4.96. The Labute approximate surface area is 127 Å². The van der Waals surface area contributed by atoms with E-state index in [4.69, 9.17) is 4.42 Å². The summed E-state index contributed by atoms with van der Waals surface area (Å²) in [5, 5.41) is 4.81. The molecule has 0 unspecified atom stereocenters. The van der Waals surface area contributed by atoms with Gasteiger partial charge in [0.25, 0.3) is 0 Å². The average molecular weight is 286 g/mol. The van der Waals surface area contributed by atoms with E-state index < -0.39 is 0 Å². The number of likely N-dealkylation sites (N-methyl/N-ethyl adjacent to an activating group) is 1. The fraction of sp³-hybridized carbons (Fsp3) is 0.556. The lowest BCUT2D eigenvalue weighted by Crippen LogP contribution is -2.52. The van der Waals surface area contributed by atoms with Crippen molar-refractivity contribution in [3.05, 3.63) is 36.1 Å². The van der Waals surface area contributed by atoms with E-state index in [0.717, 1.165) is 24.4 Å². The molecule has 1 saturated carbocycles. The van der Waals surface area contributed by atoms with Crippen molar-refractivity contribution in [3.8, 4) is 0 Å². The van der Waals surface area contributed by atoms with Crippen LogP contribution >= 0.6 is 0 Å². The first-order valence-electron chi connectivity index (χ1n) is 8.05. The molecule has 1 fully saturated rings. The molecule has 0 amide bonds. The molecule has 1 aliphatic carbocycles. The predicted octanol–water partition coefficient (Wildman–Crippen LogP) is 3.79. The smallest absolute Gasteiger partial charge is 0.134 e. The number of rotatable bonds is 5. The van der Waals surface area contributed by atoms with Gasteiger partial charge in [-0.2, -0.15) is 0 Å². The third-order valence-electron chi connectivity index (χ3n) is 4.96. The molecule has 1 aliphatic rings. The Bertz CT molecular complexity index is 549. The van der Waals surface area contributed by atoms with Crippen molar-refractivity contribution in [1.82, 2.24) is 10.2 Å². The molecule has 3 rings (SSSR count). The zero-order chi connectivity index (χ0) is 14.7. The molecule has 3 heteroatoms. The minimum absolute atomic E-state index is 0.324. The van der Waals surface area contributed by atoms with Crippen molar-refractivity contribution >= 4 is 11.0 Å². The number of nitrogens with one attached hydrogen (secondary N) is 1. The number of para-hydroxylation sites is 1. The molecule has 114 valence electrons. The lowest BCUT2D eigenvalue weighted by molar-refractivity contribution is 0.0978. The lowest BCUT2D eigenvalue weighted by atomic mass is 9.80. The van der Waals surface area contributed by atoms with Crippen molar-refractivity contribution in [2.24, 2.45) is 0 Å². The second kappa shape index (κ2) is 6.20. The molecule has 0 radical (unpaired) electrons. The number of fused-ring (bicyclic) bond motifs is 1. The van der Waals surface area contributed by atoms with Crippen LogP contribution in [-0.2, 0) is 6.54 Å². The Kier molecular flexibility index (Phi) is 4.32. The maximum atomic E-state index is 5.87. The molecule has 1 aromatic carbocycles. The van der Waals surface area contributed by atoms with Crippen LogP contribution in [0.1, 0.15) is 37.9 Å². The summed E-state index contributed by atoms with van der Waals surface area (Å²) >= 11 is 0. The van der Waals surface area contributed by atoms with E-state index in [9.17, 15) is 0 Å². The monoisotopic (exact) mass is 286 g/mol. The van der Waals surface area contributed by atoms with Crippen molar-refractivity contribution in [2.75, 3.05) is 20.6 Å². The van der Waals surface area contributed by atoms with Crippen molar-refractivity contribution in [3.63, 3.8) is 0 Å². The van der Waals surface area contributed by atoms with Crippen LogP contribution in [0.4, 0.5) is 0 Å². The summed E-state index contributed by atoms with van der Waals surface area (Å²) in [6.45, 7) is 1.85. The average Bonchev–Trinajstić information content (AvgIpc) is 2.90. The number of hydrogen-bond donors (Lipinski definition) is 1. The number of nitrogens with zero attached hydrogens (tertiary/aromatic N) is 1. The van der Waals surface area contributed by atoms with Crippen LogP contribution in [0, 0.1) is 0 Å². The first kappa shape index (κ1) is 14.6. The van der Waals surface area contributed by atoms with Gasteiger partial charge in [0.2, 0.25) is 0 Å². The largest absolute Gasteiger partial charge is 0.460 e. The number of hydrogen-bond acceptors (Lipinski definition) is 3. The molecule has 0 spiro atoms. The van der Waals surface area contributed by atoms with Crippen molar-refractivity contribution in [2.45, 2.75) is 44.2 Å². The highest BCUT2D eigenvalue weighted by molar-refractivity contribution is 5.77. The molecule has 0 saturated heterocycles. The summed E-state index contributed by atoms with van der Waals surface area (Å²) in [5.41, 5.74) is 1.30. The highest BCUT2D eigenvalue weighted by Crippen LogP contribution is 2.31. The van der Waals surface area contributed by atoms with Gasteiger partial charge in [0.05, 0.1) is 6.54 Å². The summed E-state index contributed by atoms with van der Waals surface area (Å²) in [6, 6.07) is 10.3. The minimum atomic E-state index is 0.324. The highest BCUT2D eigenvalue weighted by atomic mass is 16.3. The van der Waals surface area contributed by atoms with Crippen LogP contribution in [0.5, 0.6) is 0 Å². The lowest BCUT2D eigenvalue weighted by Gasteiger charge is -2.43. The molecule has 2 aromatic rings. The van der Waals surface area contributed by atoms with Gasteiger partial charge in [0, 0.05) is 17.5 Å². The third kappa shape index (κ3) is 3.14. The van der Waals surface area contributed by atoms with Gasteiger partial charge in [-0.15, -0.1) is 0 Å². The van der Waals surface area contributed by atoms with E-state index in [1.54, 1.807) is 0 Å². The normalized spacial score (nSPS) is 18.4. The molecule has 1 heterocycles. The van der Waals surface area contributed by atoms with Crippen LogP contribution in [0.2, 0.25) is 0 Å². The number of furan rings is 1. The molecule has 0 atom stereocenters. The summed E-state index contributed by atoms with van der Waals surface area (Å²) < 4.78 is 5.87. The Morgan fingerprint density at radius 1 is 1.14 bits per heavy atom. The SMILES string of the molecule is CN(C)C1(CNCc2cc3ccccc3o2)CCCCC1. The Balaban J connectivity index is 1.61. The fourth-order valence-electron chi connectivity index (χ4n) is 3.53. The van der Waals surface area contributed by atoms with Gasteiger partial charge in [-0.1, -0.05) is 37.5 Å². The summed E-state index contributed by atoms with van der Waals surface area (Å²) in [5.74, 6) is 1.03. The standard InChI is InChI=1S/C18H26N2O/c1-20(2)18(10-6-3-7-11-18)14-19-13-16-12-15-8-4-5-9-17(15)21-16/h4-5,8-9,12,19H,3,6-7,10-11,13-14H2,1-2H3. The number of benzene rings is 1. The van der Waals surface area contributed by atoms with Gasteiger partial charge in [-0.3, -0.25) is 0 Å². The van der Waals surface area contributed by atoms with Gasteiger partial charge < -0.3 is 14.6 Å². The molecule has 0 bridgehead atoms. The second-order valence-corrected chi connectivity index (χ2v) is 6.53. The van der Waals surface area contributed by atoms with Crippen LogP contribution in [0.3, 0.4) is 0 Å². The molecule has 21 heavy (non-hydrogen) atoms. The maximum absolute atomic E-state index is 5.87. The maximum Gasteiger partial charge on any atom is 0.134 e. The molecule has 1 aromatic heterocycles. The summed E-state index contributed by atoms with van der Waals surface area (Å²) in [7, 11) is 4.43. The highest BCUT2D eigenvalue weighted by Gasteiger charge is 2.33. The molecule has 3 nitrogen and oxygen atoms in total. The van der Waals surface area contributed by atoms with Gasteiger partial charge in [-0.25, -0.2) is 0 Å². The first-order chi connectivity index (χ1) is 10.2. The van der Waals surface area contributed by atoms with Gasteiger partial charge in [-0.05, 0) is 39.1 Å². The fourth-order valence-corrected chi connectivity index (χ4v) is 3.53. The quantitative estimate of drug-likeness (QED) is 0.906. The van der Waals surface area contributed by atoms with Crippen LogP contribution in [0.15, 0.2) is 34.7 Å². The van der Waals surface area contributed by atoms with E-state index in [1.807, 2.05) is 12.1 Å². The van der Waals surface area contributed by atoms with Crippen LogP contribution in [0.25, 0.3) is 11.0 Å². The molecule has 1 N–H and O–H groups in total. The topological polar surface area (TPSA) is 28.4 Å². The van der Waals surface area contributed by atoms with E-state index >= 15 is 0 Å². The van der Waals surface area contributed by atoms with E-state index in [1.165, 1.54) is 37.5 Å². The van der Waals surface area contributed by atoms with E-state index in [2.05, 4.69) is 42.5 Å². The van der Waals surface area contributed by atoms with Crippen molar-refractivity contribution in [1.29, 1.82) is 0 Å². The van der Waals surface area contributed by atoms with Gasteiger partial charge in [0.15, 0.2) is 0 Å². The zero-order valence-corrected chi connectivity index (χ0v) is 13.2. The molecular weight excluding hydrogens is 260 g/mol. The van der Waals surface area contributed by atoms with Gasteiger partial charge in [0.1, 0.15) is 11.3 Å². The van der Waals surface area contributed by atoms with E-state index in [-0.39, 0.29) is 0 Å². The molecular formula is C18H26N2O. The zero-order valence-electron chi connectivity index (χ0n) is 13.2. The minimum Gasteiger partial charge on any atom is -0.460 e. The van der Waals surface area contributed by atoms with Crippen molar-refractivity contribution < 1.29 is 4.42 Å². The molecule has 0 aliphatic heterocycles. The Morgan fingerprint density at radius 2 is 1.90 bits per heavy atom. The first-order valence-corrected chi connectivity index (χ1v) is 8.05. The van der Waals surface area contributed by atoms with Crippen LogP contribution in [-0.4, -0.2) is 31.1 Å². The van der Waals surface area contributed by atoms with E-state index in [0.29, 0.717) is 5.54 Å². The van der Waals surface area contributed by atoms with Gasteiger partial charge >= 0.3 is 0 Å².